The zero-order valence-corrected chi connectivity index (χ0v) is 7.36. The maximum atomic E-state index is 11.2. The molecule has 0 bridgehead atoms. The average molecular weight is 171 g/mol. The second kappa shape index (κ2) is 3.21. The zero-order valence-electron chi connectivity index (χ0n) is 7.36. The van der Waals surface area contributed by atoms with Crippen LogP contribution < -0.4 is 21.6 Å². The molecular weight excluding hydrogens is 158 g/mol. The largest absolute Gasteiger partial charge is 0.381 e. The van der Waals surface area contributed by atoms with Crippen molar-refractivity contribution >= 4 is 11.5 Å². The molecule has 68 valence electrons. The number of nitrogens with one attached hydrogen (secondary N) is 4. The minimum atomic E-state index is -0.156. The summed E-state index contributed by atoms with van der Waals surface area (Å²) in [5.41, 5.74) is 3.16. The van der Waals surface area contributed by atoms with Gasteiger partial charge in [0.1, 0.15) is 5.69 Å². The Kier molecular flexibility index (Phi) is 2.27. The molecule has 12 heavy (non-hydrogen) atoms. The van der Waals surface area contributed by atoms with E-state index in [0.29, 0.717) is 11.5 Å². The predicted molar refractivity (Wildman–Crippen MR) is 49.4 cm³/mol. The van der Waals surface area contributed by atoms with E-state index >= 15 is 0 Å². The van der Waals surface area contributed by atoms with E-state index in [1.807, 2.05) is 0 Å². The van der Waals surface area contributed by atoms with Gasteiger partial charge in [-0.15, -0.1) is 0 Å². The van der Waals surface area contributed by atoms with Gasteiger partial charge >= 0.3 is 0 Å². The Labute approximate surface area is 69.9 Å². The van der Waals surface area contributed by atoms with Gasteiger partial charge in [-0.2, -0.15) is 4.79 Å². The number of rotatable bonds is 3. The smallest absolute Gasteiger partial charge is 0.291 e. The first-order chi connectivity index (χ1) is 5.74. The van der Waals surface area contributed by atoms with Crippen LogP contribution in [0.1, 0.15) is 0 Å². The van der Waals surface area contributed by atoms with Gasteiger partial charge in [0, 0.05) is 21.1 Å². The monoisotopic (exact) mass is 171 g/mol. The quantitative estimate of drug-likeness (QED) is 0.491. The standard InChI is InChI=1S/C6H13N5O/c1-7-4-5(8-2)11(9-3)10-6(4)12/h7-9H,1-3H3,(H,10,12). The Bertz CT molecular complexity index is 312. The number of H-pyrrole nitrogens is 1. The second-order valence-corrected chi connectivity index (χ2v) is 2.22. The predicted octanol–water partition coefficient (Wildman–Crippen LogP) is -0.567. The summed E-state index contributed by atoms with van der Waals surface area (Å²) < 4.78 is 0. The van der Waals surface area contributed by atoms with E-state index in [4.69, 9.17) is 0 Å². The fourth-order valence-corrected chi connectivity index (χ4v) is 1.07. The van der Waals surface area contributed by atoms with Crippen molar-refractivity contribution in [3.05, 3.63) is 10.4 Å². The lowest BCUT2D eigenvalue weighted by Gasteiger charge is -2.06. The topological polar surface area (TPSA) is 73.9 Å². The van der Waals surface area contributed by atoms with Crippen molar-refractivity contribution in [3.63, 3.8) is 0 Å². The molecule has 1 heterocycles. The van der Waals surface area contributed by atoms with Crippen molar-refractivity contribution in [1.29, 1.82) is 0 Å². The van der Waals surface area contributed by atoms with E-state index < -0.39 is 0 Å². The summed E-state index contributed by atoms with van der Waals surface area (Å²) in [7, 11) is 5.17. The van der Waals surface area contributed by atoms with Gasteiger partial charge in [0.2, 0.25) is 0 Å². The third kappa shape index (κ3) is 1.11. The van der Waals surface area contributed by atoms with Gasteiger partial charge in [-0.3, -0.25) is 4.79 Å². The van der Waals surface area contributed by atoms with Crippen LogP contribution in [0.2, 0.25) is 0 Å². The Hall–Kier alpha value is -1.59. The molecule has 4 N–H and O–H groups in total. The van der Waals surface area contributed by atoms with Crippen LogP contribution in [-0.2, 0) is 0 Å². The molecule has 0 aliphatic carbocycles. The highest BCUT2D eigenvalue weighted by Crippen LogP contribution is 2.12. The van der Waals surface area contributed by atoms with Crippen LogP contribution in [0.3, 0.4) is 0 Å². The Balaban J connectivity index is 3.25. The van der Waals surface area contributed by atoms with Gasteiger partial charge in [0.05, 0.1) is 0 Å². The summed E-state index contributed by atoms with van der Waals surface area (Å²) in [6.07, 6.45) is 0. The first kappa shape index (κ1) is 8.51. The lowest BCUT2D eigenvalue weighted by atomic mass is 10.5. The third-order valence-electron chi connectivity index (χ3n) is 1.61. The van der Waals surface area contributed by atoms with Crippen molar-refractivity contribution in [1.82, 2.24) is 9.89 Å². The normalized spacial score (nSPS) is 9.58. The van der Waals surface area contributed by atoms with E-state index in [9.17, 15) is 4.79 Å². The van der Waals surface area contributed by atoms with E-state index in [1.54, 1.807) is 21.1 Å². The van der Waals surface area contributed by atoms with Gasteiger partial charge in [-0.05, 0) is 0 Å². The van der Waals surface area contributed by atoms with E-state index in [-0.39, 0.29) is 5.56 Å². The summed E-state index contributed by atoms with van der Waals surface area (Å²) >= 11 is 0. The fourth-order valence-electron chi connectivity index (χ4n) is 1.07. The van der Waals surface area contributed by atoms with Crippen LogP contribution >= 0.6 is 0 Å². The third-order valence-corrected chi connectivity index (χ3v) is 1.61. The van der Waals surface area contributed by atoms with Crippen LogP contribution in [0.25, 0.3) is 0 Å². The molecule has 1 aromatic heterocycles. The van der Waals surface area contributed by atoms with Crippen LogP contribution in [-0.4, -0.2) is 31.0 Å². The number of hydrogen-bond acceptors (Lipinski definition) is 4. The summed E-state index contributed by atoms with van der Waals surface area (Å²) in [6.45, 7) is 0. The molecule has 6 heteroatoms. The molecule has 0 amide bonds. The second-order valence-electron chi connectivity index (χ2n) is 2.22. The summed E-state index contributed by atoms with van der Waals surface area (Å²) in [5.74, 6) is 0.685. The molecule has 0 radical (unpaired) electrons. The molecular formula is C6H13N5O. The van der Waals surface area contributed by atoms with Crippen molar-refractivity contribution in [2.75, 3.05) is 37.2 Å². The van der Waals surface area contributed by atoms with Gasteiger partial charge in [-0.25, -0.2) is 5.10 Å². The first-order valence-electron chi connectivity index (χ1n) is 3.62. The van der Waals surface area contributed by atoms with E-state index in [1.165, 1.54) is 4.79 Å². The zero-order chi connectivity index (χ0) is 9.14. The summed E-state index contributed by atoms with van der Waals surface area (Å²) in [4.78, 5) is 12.7. The van der Waals surface area contributed by atoms with Crippen LogP contribution in [0.4, 0.5) is 11.5 Å². The van der Waals surface area contributed by atoms with Crippen molar-refractivity contribution < 1.29 is 0 Å². The van der Waals surface area contributed by atoms with Gasteiger partial charge < -0.3 is 16.1 Å². The minimum absolute atomic E-state index is 0.156. The number of nitrogens with zero attached hydrogens (tertiary/aromatic N) is 1. The van der Waals surface area contributed by atoms with Crippen molar-refractivity contribution in [3.8, 4) is 0 Å². The maximum absolute atomic E-state index is 11.2. The minimum Gasteiger partial charge on any atom is -0.381 e. The van der Waals surface area contributed by atoms with Crippen LogP contribution in [0.5, 0.6) is 0 Å². The van der Waals surface area contributed by atoms with Crippen molar-refractivity contribution in [2.24, 2.45) is 0 Å². The molecule has 0 unspecified atom stereocenters. The van der Waals surface area contributed by atoms with Gasteiger partial charge in [0.25, 0.3) is 5.56 Å². The molecule has 0 atom stereocenters. The highest BCUT2D eigenvalue weighted by Gasteiger charge is 2.10. The molecule has 1 aromatic rings. The molecule has 0 saturated heterocycles. The summed E-state index contributed by atoms with van der Waals surface area (Å²) in [6, 6.07) is 0. The SMILES string of the molecule is CNc1c(NC)n(NC)[nH]c1=O. The summed E-state index contributed by atoms with van der Waals surface area (Å²) in [5, 5.41) is 8.29. The number of aromatic amines is 1. The highest BCUT2D eigenvalue weighted by atomic mass is 16.1. The lowest BCUT2D eigenvalue weighted by Crippen LogP contribution is -2.15. The Morgan fingerprint density at radius 2 is 1.92 bits per heavy atom. The maximum Gasteiger partial charge on any atom is 0.291 e. The number of anilines is 2. The Morgan fingerprint density at radius 1 is 1.25 bits per heavy atom. The molecule has 0 fully saturated rings. The van der Waals surface area contributed by atoms with Crippen LogP contribution in [0.15, 0.2) is 4.79 Å². The molecule has 0 saturated carbocycles. The first-order valence-corrected chi connectivity index (χ1v) is 3.62. The fraction of sp³-hybridized carbons (Fsp3) is 0.500. The molecule has 0 aromatic carbocycles. The Morgan fingerprint density at radius 3 is 2.33 bits per heavy atom. The molecule has 0 aliphatic rings. The molecule has 0 aliphatic heterocycles. The lowest BCUT2D eigenvalue weighted by molar-refractivity contribution is 0.777. The van der Waals surface area contributed by atoms with E-state index in [0.717, 1.165) is 0 Å². The number of aromatic nitrogens is 2. The number of hydrogen-bond donors (Lipinski definition) is 4. The van der Waals surface area contributed by atoms with Crippen LogP contribution in [0, 0.1) is 0 Å². The van der Waals surface area contributed by atoms with E-state index in [2.05, 4.69) is 21.2 Å². The molecule has 6 nitrogen and oxygen atoms in total. The average Bonchev–Trinajstić information content (AvgIpc) is 2.40. The van der Waals surface area contributed by atoms with Gasteiger partial charge in [0.15, 0.2) is 5.82 Å². The molecule has 0 spiro atoms. The van der Waals surface area contributed by atoms with Crippen molar-refractivity contribution in [2.45, 2.75) is 0 Å². The highest BCUT2D eigenvalue weighted by molar-refractivity contribution is 5.63. The molecule has 1 rings (SSSR count). The van der Waals surface area contributed by atoms with Gasteiger partial charge in [-0.1, -0.05) is 0 Å².